The summed E-state index contributed by atoms with van der Waals surface area (Å²) in [6, 6.07) is 14.3. The highest BCUT2D eigenvalue weighted by Gasteiger charge is 2.24. The average Bonchev–Trinajstić information content (AvgIpc) is 3.27. The average molecular weight is 460 g/mol. The molecule has 0 bridgehead atoms. The molecule has 4 rings (SSSR count). The van der Waals surface area contributed by atoms with Crippen LogP contribution in [-0.2, 0) is 6.54 Å². The third-order valence-electron chi connectivity index (χ3n) is 7.66. The summed E-state index contributed by atoms with van der Waals surface area (Å²) in [5.74, 6) is -0.175. The number of hydrogen-bond acceptors (Lipinski definition) is 2. The molecule has 2 aromatic carbocycles. The fourth-order valence-electron chi connectivity index (χ4n) is 5.67. The highest BCUT2D eigenvalue weighted by Crippen LogP contribution is 2.42. The predicted octanol–water partition coefficient (Wildman–Crippen LogP) is 7.18. The second-order valence-corrected chi connectivity index (χ2v) is 9.88. The number of nitrogens with zero attached hydrogens (tertiary/aromatic N) is 1. The van der Waals surface area contributed by atoms with E-state index in [1.165, 1.54) is 65.3 Å². The Bertz CT molecular complexity index is 1190. The van der Waals surface area contributed by atoms with Crippen LogP contribution < -0.4 is 0 Å². The monoisotopic (exact) mass is 459 g/mol. The largest absolute Gasteiger partial charge is 0.478 e. The lowest BCUT2D eigenvalue weighted by molar-refractivity contribution is 0.0696. The summed E-state index contributed by atoms with van der Waals surface area (Å²) < 4.78 is 2.30. The lowest BCUT2D eigenvalue weighted by Gasteiger charge is -2.28. The standard InChI is InChI=1S/C30H37NO3/c1-4-22(19-32)18-31-16-15-24-11-8-12-27(29(24)31)21(3)28(23-9-6-5-7-10-23)26-14-13-25(30(33)34)17-20(26)2/h8,11-17,22-23,32H,4-7,9-10,18-19H2,1-3H3,(H,33,34)/b28-21+. The second kappa shape index (κ2) is 10.6. The minimum atomic E-state index is -0.883. The van der Waals surface area contributed by atoms with Gasteiger partial charge < -0.3 is 14.8 Å². The van der Waals surface area contributed by atoms with Crippen molar-refractivity contribution >= 4 is 28.0 Å². The lowest BCUT2D eigenvalue weighted by atomic mass is 9.76. The zero-order chi connectivity index (χ0) is 24.2. The summed E-state index contributed by atoms with van der Waals surface area (Å²) in [5, 5.41) is 20.5. The summed E-state index contributed by atoms with van der Waals surface area (Å²) in [6.45, 7) is 7.39. The van der Waals surface area contributed by atoms with Crippen molar-refractivity contribution in [2.45, 2.75) is 65.8 Å². The maximum absolute atomic E-state index is 11.6. The van der Waals surface area contributed by atoms with Gasteiger partial charge in [-0.3, -0.25) is 0 Å². The molecule has 4 heteroatoms. The van der Waals surface area contributed by atoms with Crippen LogP contribution in [0.4, 0.5) is 0 Å². The maximum atomic E-state index is 11.6. The number of aromatic nitrogens is 1. The van der Waals surface area contributed by atoms with Crippen LogP contribution >= 0.6 is 0 Å². The first kappa shape index (κ1) is 24.3. The van der Waals surface area contributed by atoms with Crippen molar-refractivity contribution < 1.29 is 15.0 Å². The first-order valence-corrected chi connectivity index (χ1v) is 12.7. The fourth-order valence-corrected chi connectivity index (χ4v) is 5.67. The Labute approximate surface area is 202 Å². The molecule has 1 heterocycles. The minimum absolute atomic E-state index is 0.190. The predicted molar refractivity (Wildman–Crippen MR) is 140 cm³/mol. The van der Waals surface area contributed by atoms with Gasteiger partial charge in [-0.05, 0) is 85.4 Å². The number of aliphatic hydroxyl groups excluding tert-OH is 1. The molecule has 0 saturated heterocycles. The van der Waals surface area contributed by atoms with Crippen LogP contribution in [0.3, 0.4) is 0 Å². The van der Waals surface area contributed by atoms with Gasteiger partial charge in [0.1, 0.15) is 0 Å². The molecule has 0 amide bonds. The molecular weight excluding hydrogens is 422 g/mol. The number of carboxylic acids is 1. The van der Waals surface area contributed by atoms with Gasteiger partial charge in [-0.25, -0.2) is 4.79 Å². The first-order valence-electron chi connectivity index (χ1n) is 12.7. The van der Waals surface area contributed by atoms with E-state index in [1.807, 2.05) is 19.1 Å². The summed E-state index contributed by atoms with van der Waals surface area (Å²) in [6.07, 6.45) is 9.20. The van der Waals surface area contributed by atoms with Crippen molar-refractivity contribution in [3.63, 3.8) is 0 Å². The normalized spacial score (nSPS) is 16.5. The molecule has 1 fully saturated rings. The van der Waals surface area contributed by atoms with Crippen LogP contribution in [0, 0.1) is 18.8 Å². The quantitative estimate of drug-likeness (QED) is 0.351. The fraction of sp³-hybridized carbons (Fsp3) is 0.433. The van der Waals surface area contributed by atoms with Crippen molar-refractivity contribution in [3.05, 3.63) is 70.9 Å². The van der Waals surface area contributed by atoms with E-state index in [0.717, 1.165) is 18.5 Å². The molecule has 1 unspecified atom stereocenters. The van der Waals surface area contributed by atoms with E-state index in [0.29, 0.717) is 11.5 Å². The number of aliphatic hydroxyl groups is 1. The summed E-state index contributed by atoms with van der Waals surface area (Å²) in [7, 11) is 0. The van der Waals surface area contributed by atoms with Gasteiger partial charge in [0.15, 0.2) is 0 Å². The number of hydrogen-bond donors (Lipinski definition) is 2. The highest BCUT2D eigenvalue weighted by molar-refractivity contribution is 6.00. The maximum Gasteiger partial charge on any atom is 0.335 e. The lowest BCUT2D eigenvalue weighted by Crippen LogP contribution is -2.14. The van der Waals surface area contributed by atoms with Crippen molar-refractivity contribution in [1.29, 1.82) is 0 Å². The first-order chi connectivity index (χ1) is 16.4. The van der Waals surface area contributed by atoms with Gasteiger partial charge in [-0.1, -0.05) is 50.5 Å². The van der Waals surface area contributed by atoms with E-state index in [2.05, 4.69) is 48.9 Å². The zero-order valence-corrected chi connectivity index (χ0v) is 20.7. The number of para-hydroxylation sites is 1. The summed E-state index contributed by atoms with van der Waals surface area (Å²) >= 11 is 0. The number of aromatic carboxylic acids is 1. The minimum Gasteiger partial charge on any atom is -0.478 e. The van der Waals surface area contributed by atoms with Crippen LogP contribution in [0.15, 0.2) is 48.7 Å². The number of allylic oxidation sites excluding steroid dienone is 2. The van der Waals surface area contributed by atoms with Gasteiger partial charge in [0.05, 0.1) is 11.1 Å². The zero-order valence-electron chi connectivity index (χ0n) is 20.7. The molecule has 3 aromatic rings. The Hall–Kier alpha value is -2.85. The molecule has 1 atom stereocenters. The Morgan fingerprint density at radius 2 is 1.85 bits per heavy atom. The number of carboxylic acid groups (broad SMARTS) is 1. The number of rotatable bonds is 8. The van der Waals surface area contributed by atoms with Crippen molar-refractivity contribution in [2.75, 3.05) is 6.61 Å². The van der Waals surface area contributed by atoms with Crippen LogP contribution in [-0.4, -0.2) is 27.4 Å². The smallest absolute Gasteiger partial charge is 0.335 e. The third-order valence-corrected chi connectivity index (χ3v) is 7.66. The van der Waals surface area contributed by atoms with Gasteiger partial charge >= 0.3 is 5.97 Å². The van der Waals surface area contributed by atoms with Crippen molar-refractivity contribution in [1.82, 2.24) is 4.57 Å². The van der Waals surface area contributed by atoms with Crippen LogP contribution in [0.25, 0.3) is 22.0 Å². The van der Waals surface area contributed by atoms with E-state index < -0.39 is 5.97 Å². The van der Waals surface area contributed by atoms with Gasteiger partial charge in [0.2, 0.25) is 0 Å². The molecule has 180 valence electrons. The summed E-state index contributed by atoms with van der Waals surface area (Å²) in [4.78, 5) is 11.6. The van der Waals surface area contributed by atoms with E-state index >= 15 is 0 Å². The molecule has 1 aliphatic rings. The molecule has 1 aliphatic carbocycles. The molecule has 4 nitrogen and oxygen atoms in total. The molecule has 1 saturated carbocycles. The molecule has 34 heavy (non-hydrogen) atoms. The van der Waals surface area contributed by atoms with Gasteiger partial charge in [0.25, 0.3) is 0 Å². The molecule has 0 aliphatic heterocycles. The number of carbonyl (C=O) groups is 1. The van der Waals surface area contributed by atoms with Crippen LogP contribution in [0.1, 0.15) is 79.4 Å². The molecular formula is C30H37NO3. The molecule has 0 spiro atoms. The second-order valence-electron chi connectivity index (χ2n) is 9.88. The highest BCUT2D eigenvalue weighted by atomic mass is 16.4. The van der Waals surface area contributed by atoms with Crippen molar-refractivity contribution in [3.8, 4) is 0 Å². The van der Waals surface area contributed by atoms with E-state index in [9.17, 15) is 15.0 Å². The number of benzene rings is 2. The number of fused-ring (bicyclic) bond motifs is 1. The number of aryl methyl sites for hydroxylation is 1. The van der Waals surface area contributed by atoms with E-state index in [1.54, 1.807) is 6.07 Å². The topological polar surface area (TPSA) is 62.5 Å². The molecule has 2 N–H and O–H groups in total. The van der Waals surface area contributed by atoms with E-state index in [-0.39, 0.29) is 12.5 Å². The van der Waals surface area contributed by atoms with E-state index in [4.69, 9.17) is 0 Å². The molecule has 0 radical (unpaired) electrons. The summed E-state index contributed by atoms with van der Waals surface area (Å²) in [5.41, 5.74) is 7.63. The Morgan fingerprint density at radius 3 is 2.50 bits per heavy atom. The Kier molecular flexibility index (Phi) is 7.57. The van der Waals surface area contributed by atoms with Gasteiger partial charge in [0, 0.05) is 30.3 Å². The molecule has 1 aromatic heterocycles. The van der Waals surface area contributed by atoms with Crippen LogP contribution in [0.5, 0.6) is 0 Å². The Balaban J connectivity index is 1.91. The van der Waals surface area contributed by atoms with Gasteiger partial charge in [-0.2, -0.15) is 0 Å². The van der Waals surface area contributed by atoms with Crippen molar-refractivity contribution in [2.24, 2.45) is 11.8 Å². The Morgan fingerprint density at radius 1 is 1.09 bits per heavy atom. The van der Waals surface area contributed by atoms with Crippen LogP contribution in [0.2, 0.25) is 0 Å². The SMILES string of the molecule is CCC(CO)Cn1ccc2cccc(/C(C)=C(/c3ccc(C(=O)O)cc3C)C3CCCCC3)c21. The van der Waals surface area contributed by atoms with Gasteiger partial charge in [-0.15, -0.1) is 0 Å². The third kappa shape index (κ3) is 4.83.